The number of urea groups is 1. The van der Waals surface area contributed by atoms with Gasteiger partial charge in [0.15, 0.2) is 0 Å². The Morgan fingerprint density at radius 2 is 2.08 bits per heavy atom. The second-order valence-electron chi connectivity index (χ2n) is 7.91. The van der Waals surface area contributed by atoms with Crippen LogP contribution in [0.2, 0.25) is 0 Å². The quantitative estimate of drug-likeness (QED) is 0.755. The molecular weight excluding hydrogens is 334 g/mol. The van der Waals surface area contributed by atoms with Gasteiger partial charge in [0, 0.05) is 19.7 Å². The van der Waals surface area contributed by atoms with Crippen molar-refractivity contribution < 1.29 is 19.1 Å². The number of nitrogens with one attached hydrogen (secondary N) is 1. The first-order valence-electron chi connectivity index (χ1n) is 10.0. The normalized spacial score (nSPS) is 32.2. The molecule has 0 aromatic rings. The highest BCUT2D eigenvalue weighted by Gasteiger charge is 2.55. The summed E-state index contributed by atoms with van der Waals surface area (Å²) >= 11 is 0. The van der Waals surface area contributed by atoms with Gasteiger partial charge >= 0.3 is 6.03 Å². The Morgan fingerprint density at radius 1 is 1.27 bits per heavy atom. The molecule has 146 valence electrons. The van der Waals surface area contributed by atoms with Crippen LogP contribution in [-0.4, -0.2) is 65.5 Å². The zero-order valence-electron chi connectivity index (χ0n) is 16.0. The van der Waals surface area contributed by atoms with Crippen LogP contribution in [0.5, 0.6) is 0 Å². The van der Waals surface area contributed by atoms with Gasteiger partial charge in [-0.3, -0.25) is 14.5 Å². The van der Waals surface area contributed by atoms with Crippen molar-refractivity contribution >= 4 is 17.8 Å². The lowest BCUT2D eigenvalue weighted by molar-refractivity contribution is -0.142. The maximum Gasteiger partial charge on any atom is 0.325 e. The molecule has 0 aromatic heterocycles. The van der Waals surface area contributed by atoms with Crippen LogP contribution in [0.1, 0.15) is 58.8 Å². The standard InChI is InChI=1S/C19H31N3O4/c1-3-11-26-15-8-6-10-21(12-15)16(23)13-22-17(24)19(20-18(22)25)9-5-4-7-14(19)2/h14-15H,3-13H2,1-2H3,(H,20,25)/t14-,15-,19-/m1/s1. The topological polar surface area (TPSA) is 79.0 Å². The number of rotatable bonds is 5. The van der Waals surface area contributed by atoms with Crippen molar-refractivity contribution in [3.8, 4) is 0 Å². The first-order chi connectivity index (χ1) is 12.5. The molecule has 7 nitrogen and oxygen atoms in total. The maximum absolute atomic E-state index is 13.0. The number of hydrogen-bond donors (Lipinski definition) is 1. The molecule has 1 N–H and O–H groups in total. The van der Waals surface area contributed by atoms with Crippen molar-refractivity contribution in [1.29, 1.82) is 0 Å². The minimum Gasteiger partial charge on any atom is -0.376 e. The van der Waals surface area contributed by atoms with Gasteiger partial charge in [-0.05, 0) is 38.0 Å². The molecule has 4 amide bonds. The molecule has 3 rings (SSSR count). The zero-order valence-corrected chi connectivity index (χ0v) is 16.0. The predicted molar refractivity (Wildman–Crippen MR) is 96.5 cm³/mol. The number of ether oxygens (including phenoxy) is 1. The van der Waals surface area contributed by atoms with E-state index in [-0.39, 0.29) is 30.4 Å². The van der Waals surface area contributed by atoms with Crippen LogP contribution in [0.4, 0.5) is 4.79 Å². The molecule has 2 aliphatic heterocycles. The Bertz CT molecular complexity index is 567. The lowest BCUT2D eigenvalue weighted by atomic mass is 9.73. The molecule has 3 aliphatic rings. The van der Waals surface area contributed by atoms with Crippen LogP contribution in [0.3, 0.4) is 0 Å². The van der Waals surface area contributed by atoms with Gasteiger partial charge in [0.05, 0.1) is 6.10 Å². The Hall–Kier alpha value is -1.63. The number of likely N-dealkylation sites (tertiary alicyclic amines) is 1. The average Bonchev–Trinajstić information content (AvgIpc) is 2.87. The van der Waals surface area contributed by atoms with Gasteiger partial charge < -0.3 is 15.0 Å². The summed E-state index contributed by atoms with van der Waals surface area (Å²) in [6.45, 7) is 5.81. The highest BCUT2D eigenvalue weighted by atomic mass is 16.5. The minimum absolute atomic E-state index is 0.0560. The van der Waals surface area contributed by atoms with E-state index >= 15 is 0 Å². The van der Waals surface area contributed by atoms with Crippen molar-refractivity contribution in [2.45, 2.75) is 70.4 Å². The van der Waals surface area contributed by atoms with Crippen molar-refractivity contribution in [1.82, 2.24) is 15.1 Å². The second kappa shape index (κ2) is 7.94. The molecule has 7 heteroatoms. The number of nitrogens with zero attached hydrogens (tertiary/aromatic N) is 2. The summed E-state index contributed by atoms with van der Waals surface area (Å²) in [7, 11) is 0. The van der Waals surface area contributed by atoms with Gasteiger partial charge in [-0.25, -0.2) is 4.79 Å². The van der Waals surface area contributed by atoms with Crippen LogP contribution < -0.4 is 5.32 Å². The summed E-state index contributed by atoms with van der Waals surface area (Å²) in [5.74, 6) is -0.285. The van der Waals surface area contributed by atoms with Crippen molar-refractivity contribution in [2.75, 3.05) is 26.2 Å². The largest absolute Gasteiger partial charge is 0.376 e. The number of piperidine rings is 1. The fourth-order valence-corrected chi connectivity index (χ4v) is 4.46. The van der Waals surface area contributed by atoms with Crippen molar-refractivity contribution in [3.63, 3.8) is 0 Å². The Kier molecular flexibility index (Phi) is 5.85. The number of carbonyl (C=O) groups excluding carboxylic acids is 3. The maximum atomic E-state index is 13.0. The SMILES string of the molecule is CCCO[C@@H]1CCCN(C(=O)CN2C(=O)N[C@@]3(CCCC[C@H]3C)C2=O)C1. The van der Waals surface area contributed by atoms with E-state index in [9.17, 15) is 14.4 Å². The Balaban J connectivity index is 1.62. The summed E-state index contributed by atoms with van der Waals surface area (Å²) in [6, 6.07) is -0.423. The van der Waals surface area contributed by atoms with Crippen LogP contribution in [0.25, 0.3) is 0 Å². The van der Waals surface area contributed by atoms with E-state index in [2.05, 4.69) is 12.2 Å². The second-order valence-corrected chi connectivity index (χ2v) is 7.91. The fraction of sp³-hybridized carbons (Fsp3) is 0.842. The van der Waals surface area contributed by atoms with Crippen molar-refractivity contribution in [3.05, 3.63) is 0 Å². The molecule has 3 atom stereocenters. The Labute approximate surface area is 155 Å². The average molecular weight is 365 g/mol. The lowest BCUT2D eigenvalue weighted by Gasteiger charge is -2.37. The molecule has 0 radical (unpaired) electrons. The highest BCUT2D eigenvalue weighted by Crippen LogP contribution is 2.38. The van der Waals surface area contributed by atoms with Gasteiger partial charge in [0.25, 0.3) is 5.91 Å². The van der Waals surface area contributed by atoms with Gasteiger partial charge in [-0.2, -0.15) is 0 Å². The molecule has 0 bridgehead atoms. The van der Waals surface area contributed by atoms with E-state index < -0.39 is 11.6 Å². The summed E-state index contributed by atoms with van der Waals surface area (Å²) in [4.78, 5) is 41.0. The van der Waals surface area contributed by atoms with E-state index in [0.717, 1.165) is 43.4 Å². The van der Waals surface area contributed by atoms with Crippen LogP contribution >= 0.6 is 0 Å². The summed E-state index contributed by atoms with van der Waals surface area (Å²) < 4.78 is 5.78. The fourth-order valence-electron chi connectivity index (χ4n) is 4.46. The number of hydrogen-bond acceptors (Lipinski definition) is 4. The smallest absolute Gasteiger partial charge is 0.325 e. The summed E-state index contributed by atoms with van der Waals surface area (Å²) in [6.07, 6.45) is 6.46. The highest BCUT2D eigenvalue weighted by molar-refractivity contribution is 6.09. The van der Waals surface area contributed by atoms with E-state index in [4.69, 9.17) is 4.74 Å². The van der Waals surface area contributed by atoms with Crippen LogP contribution in [-0.2, 0) is 14.3 Å². The van der Waals surface area contributed by atoms with E-state index in [1.807, 2.05) is 6.92 Å². The van der Waals surface area contributed by atoms with E-state index in [0.29, 0.717) is 26.1 Å². The molecular formula is C19H31N3O4. The van der Waals surface area contributed by atoms with Crippen LogP contribution in [0.15, 0.2) is 0 Å². The molecule has 1 saturated carbocycles. The molecule has 2 saturated heterocycles. The summed E-state index contributed by atoms with van der Waals surface area (Å²) in [5.41, 5.74) is -0.801. The first-order valence-corrected chi connectivity index (χ1v) is 10.0. The van der Waals surface area contributed by atoms with Crippen LogP contribution in [0, 0.1) is 5.92 Å². The zero-order chi connectivity index (χ0) is 18.7. The number of amides is 4. The third-order valence-electron chi connectivity index (χ3n) is 6.08. The van der Waals surface area contributed by atoms with Gasteiger partial charge in [-0.1, -0.05) is 26.7 Å². The predicted octanol–water partition coefficient (Wildman–Crippen LogP) is 1.90. The molecule has 26 heavy (non-hydrogen) atoms. The molecule has 0 aromatic carbocycles. The molecule has 1 aliphatic carbocycles. The van der Waals surface area contributed by atoms with Crippen molar-refractivity contribution in [2.24, 2.45) is 5.92 Å². The minimum atomic E-state index is -0.801. The lowest BCUT2D eigenvalue weighted by Crippen LogP contribution is -2.54. The van der Waals surface area contributed by atoms with E-state index in [1.54, 1.807) is 4.90 Å². The molecule has 2 heterocycles. The third kappa shape index (κ3) is 3.59. The molecule has 1 spiro atoms. The van der Waals surface area contributed by atoms with Gasteiger partial charge in [-0.15, -0.1) is 0 Å². The molecule has 3 fully saturated rings. The van der Waals surface area contributed by atoms with Gasteiger partial charge in [0.2, 0.25) is 5.91 Å². The monoisotopic (exact) mass is 365 g/mol. The number of imide groups is 1. The Morgan fingerprint density at radius 3 is 2.81 bits per heavy atom. The first kappa shape index (κ1) is 19.1. The van der Waals surface area contributed by atoms with E-state index in [1.165, 1.54) is 0 Å². The molecule has 0 unspecified atom stereocenters. The number of carbonyl (C=O) groups is 3. The van der Waals surface area contributed by atoms with Gasteiger partial charge in [0.1, 0.15) is 12.1 Å². The third-order valence-corrected chi connectivity index (χ3v) is 6.08. The summed E-state index contributed by atoms with van der Waals surface area (Å²) in [5, 5.41) is 2.91.